The van der Waals surface area contributed by atoms with E-state index in [9.17, 15) is 5.11 Å². The van der Waals surface area contributed by atoms with E-state index in [1.807, 2.05) is 24.4 Å². The van der Waals surface area contributed by atoms with Crippen LogP contribution in [0.1, 0.15) is 45.1 Å². The van der Waals surface area contributed by atoms with Crippen LogP contribution in [0.2, 0.25) is 0 Å². The lowest BCUT2D eigenvalue weighted by atomic mass is 10.0. The Morgan fingerprint density at radius 3 is 2.26 bits per heavy atom. The van der Waals surface area contributed by atoms with Gasteiger partial charge in [0.2, 0.25) is 0 Å². The maximum atomic E-state index is 9.44. The van der Waals surface area contributed by atoms with Crippen LogP contribution >= 0.6 is 0 Å². The summed E-state index contributed by atoms with van der Waals surface area (Å²) in [7, 11) is 0. The number of phenolic OH excluding ortho intramolecular Hbond substituents is 1. The Labute approximate surface area is 185 Å². The number of hydrogen-bond donors (Lipinski definition) is 1. The summed E-state index contributed by atoms with van der Waals surface area (Å²) in [5.74, 6) is 1.93. The predicted octanol–water partition coefficient (Wildman–Crippen LogP) is 7.17. The van der Waals surface area contributed by atoms with Gasteiger partial charge in [-0.05, 0) is 72.5 Å². The summed E-state index contributed by atoms with van der Waals surface area (Å²) in [5, 5.41) is 9.44. The van der Waals surface area contributed by atoms with Gasteiger partial charge >= 0.3 is 0 Å². The molecule has 0 aromatic heterocycles. The van der Waals surface area contributed by atoms with Crippen LogP contribution in [0.4, 0.5) is 5.69 Å². The Bertz CT molecular complexity index is 980. The molecule has 31 heavy (non-hydrogen) atoms. The molecule has 0 amide bonds. The van der Waals surface area contributed by atoms with Crippen LogP contribution in [0.5, 0.6) is 17.2 Å². The van der Waals surface area contributed by atoms with Crippen molar-refractivity contribution in [3.8, 4) is 28.4 Å². The summed E-state index contributed by atoms with van der Waals surface area (Å²) < 4.78 is 12.0. The van der Waals surface area contributed by atoms with Gasteiger partial charge in [-0.15, -0.1) is 0 Å². The van der Waals surface area contributed by atoms with E-state index >= 15 is 0 Å². The van der Waals surface area contributed by atoms with Crippen molar-refractivity contribution < 1.29 is 14.6 Å². The fourth-order valence-corrected chi connectivity index (χ4v) is 3.05. The molecule has 4 heteroatoms. The van der Waals surface area contributed by atoms with Gasteiger partial charge in [-0.1, -0.05) is 44.9 Å². The van der Waals surface area contributed by atoms with E-state index in [0.29, 0.717) is 6.61 Å². The zero-order valence-corrected chi connectivity index (χ0v) is 18.4. The van der Waals surface area contributed by atoms with Crippen LogP contribution in [0.3, 0.4) is 0 Å². The molecule has 3 aromatic carbocycles. The van der Waals surface area contributed by atoms with Crippen molar-refractivity contribution in [2.24, 2.45) is 4.99 Å². The summed E-state index contributed by atoms with van der Waals surface area (Å²) in [6.07, 6.45) is 6.05. The van der Waals surface area contributed by atoms with Gasteiger partial charge < -0.3 is 14.6 Å². The highest BCUT2D eigenvalue weighted by molar-refractivity contribution is 5.87. The lowest BCUT2D eigenvalue weighted by molar-refractivity contribution is 0.308. The second kappa shape index (κ2) is 11.8. The van der Waals surface area contributed by atoms with Crippen molar-refractivity contribution in [3.05, 3.63) is 72.3 Å². The second-order valence-corrected chi connectivity index (χ2v) is 7.46. The first-order valence-electron chi connectivity index (χ1n) is 11.0. The first kappa shape index (κ1) is 22.4. The third-order valence-electron chi connectivity index (χ3n) is 4.91. The van der Waals surface area contributed by atoms with Gasteiger partial charge in [0, 0.05) is 11.8 Å². The molecule has 0 unspecified atom stereocenters. The molecule has 0 aliphatic rings. The fourth-order valence-electron chi connectivity index (χ4n) is 3.05. The van der Waals surface area contributed by atoms with Gasteiger partial charge in [-0.2, -0.15) is 0 Å². The molecule has 0 aliphatic heterocycles. The van der Waals surface area contributed by atoms with Crippen LogP contribution in [0.15, 0.2) is 71.7 Å². The highest BCUT2D eigenvalue weighted by atomic mass is 16.5. The van der Waals surface area contributed by atoms with E-state index in [2.05, 4.69) is 43.1 Å². The molecular formula is C27H31NO3. The van der Waals surface area contributed by atoms with Gasteiger partial charge in [0.05, 0.1) is 18.9 Å². The zero-order valence-electron chi connectivity index (χ0n) is 18.4. The molecule has 3 aromatic rings. The van der Waals surface area contributed by atoms with Crippen LogP contribution in [-0.4, -0.2) is 24.5 Å². The first-order chi connectivity index (χ1) is 15.2. The van der Waals surface area contributed by atoms with Crippen molar-refractivity contribution in [3.63, 3.8) is 0 Å². The van der Waals surface area contributed by atoms with Gasteiger partial charge in [0.15, 0.2) is 0 Å². The minimum absolute atomic E-state index is 0.229. The second-order valence-electron chi connectivity index (χ2n) is 7.46. The van der Waals surface area contributed by atoms with E-state index < -0.39 is 0 Å². The lowest BCUT2D eigenvalue weighted by Gasteiger charge is -2.12. The van der Waals surface area contributed by atoms with Gasteiger partial charge in [0.25, 0.3) is 0 Å². The third-order valence-corrected chi connectivity index (χ3v) is 4.91. The lowest BCUT2D eigenvalue weighted by Crippen LogP contribution is -2.00. The number of aliphatic imine (C=N–C) groups is 1. The van der Waals surface area contributed by atoms with E-state index in [4.69, 9.17) is 9.47 Å². The van der Waals surface area contributed by atoms with Crippen molar-refractivity contribution in [1.29, 1.82) is 0 Å². The predicted molar refractivity (Wildman–Crippen MR) is 128 cm³/mol. The van der Waals surface area contributed by atoms with Gasteiger partial charge in [0.1, 0.15) is 17.2 Å². The number of rotatable bonds is 11. The Hall–Kier alpha value is -3.27. The number of hydrogen-bond acceptors (Lipinski definition) is 4. The Kier molecular flexibility index (Phi) is 8.53. The minimum atomic E-state index is 0.229. The van der Waals surface area contributed by atoms with E-state index in [1.165, 1.54) is 0 Å². The molecule has 0 saturated heterocycles. The molecule has 0 bridgehead atoms. The van der Waals surface area contributed by atoms with E-state index in [0.717, 1.165) is 66.2 Å². The number of ether oxygens (including phenoxy) is 2. The molecule has 0 radical (unpaired) electrons. The average molecular weight is 418 g/mol. The standard InChI is InChI=1S/C27H31NO3/c1-3-5-16-30-26-9-7-8-21(18-26)22-10-11-23(27(19-22)31-17-6-4-2)20-28-24-12-14-25(29)15-13-24/h7-15,18-20,29H,3-6,16-17H2,1-2H3/b28-20+. The summed E-state index contributed by atoms with van der Waals surface area (Å²) in [6.45, 7) is 5.71. The fraction of sp³-hybridized carbons (Fsp3) is 0.296. The summed E-state index contributed by atoms with van der Waals surface area (Å²) >= 11 is 0. The number of nitrogens with zero attached hydrogens (tertiary/aromatic N) is 1. The summed E-state index contributed by atoms with van der Waals surface area (Å²) in [5.41, 5.74) is 3.87. The molecule has 0 fully saturated rings. The van der Waals surface area contributed by atoms with Gasteiger partial charge in [-0.3, -0.25) is 4.99 Å². The monoisotopic (exact) mass is 417 g/mol. The number of aromatic hydroxyl groups is 1. The largest absolute Gasteiger partial charge is 0.508 e. The normalized spacial score (nSPS) is 11.0. The molecule has 0 spiro atoms. The highest BCUT2D eigenvalue weighted by Crippen LogP contribution is 2.30. The van der Waals surface area contributed by atoms with E-state index in [1.54, 1.807) is 24.3 Å². The van der Waals surface area contributed by atoms with Crippen LogP contribution < -0.4 is 9.47 Å². The molecule has 162 valence electrons. The molecular weight excluding hydrogens is 386 g/mol. The van der Waals surface area contributed by atoms with Crippen LogP contribution in [-0.2, 0) is 0 Å². The molecule has 4 nitrogen and oxygen atoms in total. The third kappa shape index (κ3) is 6.88. The smallest absolute Gasteiger partial charge is 0.128 e. The summed E-state index contributed by atoms with van der Waals surface area (Å²) in [4.78, 5) is 4.53. The van der Waals surface area contributed by atoms with Crippen LogP contribution in [0, 0.1) is 0 Å². The van der Waals surface area contributed by atoms with Crippen molar-refractivity contribution >= 4 is 11.9 Å². The average Bonchev–Trinajstić information content (AvgIpc) is 2.80. The van der Waals surface area contributed by atoms with E-state index in [-0.39, 0.29) is 5.75 Å². The molecule has 0 heterocycles. The quantitative estimate of drug-likeness (QED) is 0.266. The molecule has 0 atom stereocenters. The Morgan fingerprint density at radius 2 is 1.52 bits per heavy atom. The number of phenols is 1. The SMILES string of the molecule is CCCCOc1cccc(-c2ccc(/C=N/c3ccc(O)cc3)c(OCCCC)c2)c1. The summed E-state index contributed by atoms with van der Waals surface area (Å²) in [6, 6.07) is 21.2. The van der Waals surface area contributed by atoms with Crippen molar-refractivity contribution in [2.75, 3.05) is 13.2 Å². The maximum Gasteiger partial charge on any atom is 0.128 e. The topological polar surface area (TPSA) is 51.0 Å². The Morgan fingerprint density at radius 1 is 0.806 bits per heavy atom. The van der Waals surface area contributed by atoms with Gasteiger partial charge in [-0.25, -0.2) is 0 Å². The minimum Gasteiger partial charge on any atom is -0.508 e. The number of benzene rings is 3. The van der Waals surface area contributed by atoms with Crippen molar-refractivity contribution in [2.45, 2.75) is 39.5 Å². The maximum absolute atomic E-state index is 9.44. The molecule has 0 aliphatic carbocycles. The highest BCUT2D eigenvalue weighted by Gasteiger charge is 2.07. The van der Waals surface area contributed by atoms with Crippen LogP contribution in [0.25, 0.3) is 11.1 Å². The molecule has 3 rings (SSSR count). The Balaban J connectivity index is 1.84. The molecule has 1 N–H and O–H groups in total. The molecule has 0 saturated carbocycles. The zero-order chi connectivity index (χ0) is 21.9. The van der Waals surface area contributed by atoms with Crippen molar-refractivity contribution in [1.82, 2.24) is 0 Å². The number of unbranched alkanes of at least 4 members (excludes halogenated alkanes) is 2. The first-order valence-corrected chi connectivity index (χ1v) is 11.0.